The van der Waals surface area contributed by atoms with Gasteiger partial charge in [-0.05, 0) is 36.8 Å². The maximum absolute atomic E-state index is 12.1. The fourth-order valence-corrected chi connectivity index (χ4v) is 1.83. The normalized spacial score (nSPS) is 10.0. The largest absolute Gasteiger partial charge is 0.465 e. The van der Waals surface area contributed by atoms with Gasteiger partial charge in [0.25, 0.3) is 5.91 Å². The summed E-state index contributed by atoms with van der Waals surface area (Å²) in [5, 5.41) is 10.2. The predicted molar refractivity (Wildman–Crippen MR) is 77.5 cm³/mol. The maximum atomic E-state index is 12.1. The van der Waals surface area contributed by atoms with Gasteiger partial charge in [-0.2, -0.15) is 0 Å². The molecule has 1 amide bonds. The number of carbonyl (C=O) groups is 2. The molecule has 0 saturated heterocycles. The van der Waals surface area contributed by atoms with Gasteiger partial charge in [0.1, 0.15) is 0 Å². The molecule has 2 aromatic rings. The fraction of sp³-hybridized carbons (Fsp3) is 0.143. The average molecular weight is 306 g/mol. The molecule has 1 aromatic carbocycles. The van der Waals surface area contributed by atoms with E-state index in [2.05, 4.69) is 20.3 Å². The van der Waals surface area contributed by atoms with Crippen molar-refractivity contribution in [3.05, 3.63) is 52.3 Å². The number of aromatic nitrogens is 2. The van der Waals surface area contributed by atoms with Crippen molar-refractivity contribution in [1.29, 1.82) is 0 Å². The van der Waals surface area contributed by atoms with Gasteiger partial charge in [-0.15, -0.1) is 10.2 Å². The summed E-state index contributed by atoms with van der Waals surface area (Å²) in [5.41, 5.74) is 1.62. The van der Waals surface area contributed by atoms with E-state index in [0.717, 1.165) is 0 Å². The van der Waals surface area contributed by atoms with Crippen molar-refractivity contribution in [3.63, 3.8) is 0 Å². The molecule has 0 bridgehead atoms. The minimum Gasteiger partial charge on any atom is -0.465 e. The number of benzene rings is 1. The lowest BCUT2D eigenvalue weighted by molar-refractivity contribution is 0.0599. The smallest absolute Gasteiger partial charge is 0.338 e. The number of esters is 1. The lowest BCUT2D eigenvalue weighted by Crippen LogP contribution is -2.16. The number of hydrogen-bond acceptors (Lipinski definition) is 5. The van der Waals surface area contributed by atoms with E-state index in [1.807, 2.05) is 0 Å². The Balaban J connectivity index is 2.25. The van der Waals surface area contributed by atoms with Gasteiger partial charge in [0.15, 0.2) is 10.8 Å². The summed E-state index contributed by atoms with van der Waals surface area (Å²) in [7, 11) is 1.30. The first-order valence-corrected chi connectivity index (χ1v) is 6.39. The van der Waals surface area contributed by atoms with Gasteiger partial charge >= 0.3 is 5.97 Å². The molecular weight excluding hydrogens is 294 g/mol. The molecule has 0 aliphatic heterocycles. The van der Waals surface area contributed by atoms with Crippen LogP contribution in [0, 0.1) is 6.92 Å². The van der Waals surface area contributed by atoms with Crippen molar-refractivity contribution < 1.29 is 14.3 Å². The first-order valence-electron chi connectivity index (χ1n) is 6.01. The minimum atomic E-state index is -0.463. The van der Waals surface area contributed by atoms with Crippen LogP contribution in [-0.2, 0) is 4.74 Å². The zero-order valence-electron chi connectivity index (χ0n) is 11.4. The Labute approximate surface area is 126 Å². The average Bonchev–Trinajstić information content (AvgIpc) is 2.49. The lowest BCUT2D eigenvalue weighted by atomic mass is 10.1. The standard InChI is InChI=1S/C14H12ClN3O3/c1-8-9(14(20)21-2)4-3-5-10(8)16-13(19)11-6-7-12(15)18-17-11/h3-7H,1-2H3,(H,16,19). The summed E-state index contributed by atoms with van der Waals surface area (Å²) in [6, 6.07) is 7.90. The van der Waals surface area contributed by atoms with Crippen LogP contribution in [0.25, 0.3) is 0 Å². The second kappa shape index (κ2) is 6.32. The van der Waals surface area contributed by atoms with Crippen molar-refractivity contribution in [2.75, 3.05) is 12.4 Å². The number of nitrogens with one attached hydrogen (secondary N) is 1. The number of hydrogen-bond donors (Lipinski definition) is 1. The van der Waals surface area contributed by atoms with Crippen LogP contribution in [-0.4, -0.2) is 29.2 Å². The first kappa shape index (κ1) is 14.9. The van der Waals surface area contributed by atoms with Crippen LogP contribution in [0.2, 0.25) is 5.15 Å². The molecule has 1 heterocycles. The molecule has 21 heavy (non-hydrogen) atoms. The molecule has 6 nitrogen and oxygen atoms in total. The van der Waals surface area contributed by atoms with Gasteiger partial charge in [-0.3, -0.25) is 4.79 Å². The second-order valence-corrected chi connectivity index (χ2v) is 4.55. The minimum absolute atomic E-state index is 0.127. The van der Waals surface area contributed by atoms with Crippen molar-refractivity contribution in [2.45, 2.75) is 6.92 Å². The van der Waals surface area contributed by atoms with Crippen molar-refractivity contribution in [2.24, 2.45) is 0 Å². The lowest BCUT2D eigenvalue weighted by Gasteiger charge is -2.10. The molecule has 7 heteroatoms. The third-order valence-corrected chi connectivity index (χ3v) is 3.05. The molecule has 1 N–H and O–H groups in total. The second-order valence-electron chi connectivity index (χ2n) is 4.17. The zero-order chi connectivity index (χ0) is 15.4. The molecule has 0 aliphatic rings. The molecule has 0 atom stereocenters. The summed E-state index contributed by atoms with van der Waals surface area (Å²) in [4.78, 5) is 23.7. The number of ether oxygens (including phenoxy) is 1. The quantitative estimate of drug-likeness (QED) is 0.881. The first-order chi connectivity index (χ1) is 10.0. The molecule has 0 aliphatic carbocycles. The van der Waals surface area contributed by atoms with Crippen LogP contribution in [0.1, 0.15) is 26.4 Å². The predicted octanol–water partition coefficient (Wildman–Crippen LogP) is 2.48. The van der Waals surface area contributed by atoms with Gasteiger partial charge in [-0.25, -0.2) is 4.79 Å². The van der Waals surface area contributed by atoms with Crippen LogP contribution in [0.4, 0.5) is 5.69 Å². The summed E-state index contributed by atoms with van der Waals surface area (Å²) >= 11 is 5.62. The van der Waals surface area contributed by atoms with Crippen LogP contribution >= 0.6 is 11.6 Å². The Morgan fingerprint density at radius 2 is 1.95 bits per heavy atom. The van der Waals surface area contributed by atoms with Gasteiger partial charge < -0.3 is 10.1 Å². The molecule has 0 fully saturated rings. The summed E-state index contributed by atoms with van der Waals surface area (Å²) in [6.45, 7) is 1.72. The van der Waals surface area contributed by atoms with E-state index in [1.54, 1.807) is 25.1 Å². The van der Waals surface area contributed by atoms with E-state index in [4.69, 9.17) is 11.6 Å². The highest BCUT2D eigenvalue weighted by Gasteiger charge is 2.14. The van der Waals surface area contributed by atoms with Gasteiger partial charge in [0, 0.05) is 5.69 Å². The summed E-state index contributed by atoms with van der Waals surface area (Å²) < 4.78 is 4.69. The highest BCUT2D eigenvalue weighted by Crippen LogP contribution is 2.20. The van der Waals surface area contributed by atoms with Crippen LogP contribution in [0.5, 0.6) is 0 Å². The Hall–Kier alpha value is -2.47. The van der Waals surface area contributed by atoms with Crippen LogP contribution in [0.3, 0.4) is 0 Å². The van der Waals surface area contributed by atoms with E-state index < -0.39 is 11.9 Å². The molecule has 1 aromatic heterocycles. The van der Waals surface area contributed by atoms with Gasteiger partial charge in [-0.1, -0.05) is 17.7 Å². The number of halogens is 1. The fourth-order valence-electron chi connectivity index (χ4n) is 1.73. The molecular formula is C14H12ClN3O3. The summed E-state index contributed by atoms with van der Waals surface area (Å²) in [6.07, 6.45) is 0. The highest BCUT2D eigenvalue weighted by molar-refractivity contribution is 6.29. The molecule has 0 spiro atoms. The molecule has 0 radical (unpaired) electrons. The van der Waals surface area contributed by atoms with Gasteiger partial charge in [0.2, 0.25) is 0 Å². The topological polar surface area (TPSA) is 81.2 Å². The number of carbonyl (C=O) groups excluding carboxylic acids is 2. The number of amides is 1. The SMILES string of the molecule is COC(=O)c1cccc(NC(=O)c2ccc(Cl)nn2)c1C. The number of anilines is 1. The van der Waals surface area contributed by atoms with Crippen molar-refractivity contribution in [1.82, 2.24) is 10.2 Å². The summed E-state index contributed by atoms with van der Waals surface area (Å²) in [5.74, 6) is -0.904. The van der Waals surface area contributed by atoms with E-state index in [9.17, 15) is 9.59 Å². The number of nitrogens with zero attached hydrogens (tertiary/aromatic N) is 2. The molecule has 0 saturated carbocycles. The van der Waals surface area contributed by atoms with Crippen molar-refractivity contribution >= 4 is 29.2 Å². The van der Waals surface area contributed by atoms with Crippen LogP contribution in [0.15, 0.2) is 30.3 Å². The van der Waals surface area contributed by atoms with Crippen molar-refractivity contribution in [3.8, 4) is 0 Å². The molecule has 0 unspecified atom stereocenters. The van der Waals surface area contributed by atoms with Gasteiger partial charge in [0.05, 0.1) is 12.7 Å². The molecule has 2 rings (SSSR count). The number of rotatable bonds is 3. The van der Waals surface area contributed by atoms with Crippen LogP contribution < -0.4 is 5.32 Å². The Kier molecular flexibility index (Phi) is 4.49. The monoisotopic (exact) mass is 305 g/mol. The third-order valence-electron chi connectivity index (χ3n) is 2.85. The Morgan fingerprint density at radius 3 is 2.57 bits per heavy atom. The number of methoxy groups -OCH3 is 1. The Morgan fingerprint density at radius 1 is 1.19 bits per heavy atom. The maximum Gasteiger partial charge on any atom is 0.338 e. The van der Waals surface area contributed by atoms with E-state index in [1.165, 1.54) is 19.2 Å². The van der Waals surface area contributed by atoms with E-state index >= 15 is 0 Å². The van der Waals surface area contributed by atoms with E-state index in [0.29, 0.717) is 16.8 Å². The zero-order valence-corrected chi connectivity index (χ0v) is 12.1. The highest BCUT2D eigenvalue weighted by atomic mass is 35.5. The Bertz CT molecular complexity index is 686. The molecule has 108 valence electrons. The van der Waals surface area contributed by atoms with E-state index in [-0.39, 0.29) is 10.8 Å². The third kappa shape index (κ3) is 3.35.